The Morgan fingerprint density at radius 1 is 0.833 bits per heavy atom. The fourth-order valence-electron chi connectivity index (χ4n) is 3.10. The molecule has 0 aliphatic carbocycles. The molecule has 3 aromatic carbocycles. The molecular weight excluding hydrogens is 515 g/mol. The van der Waals surface area contributed by atoms with Crippen molar-refractivity contribution in [1.29, 1.82) is 0 Å². The minimum Gasteiger partial charge on any atom is -0.318 e. The molecule has 0 fully saturated rings. The van der Waals surface area contributed by atoms with Gasteiger partial charge < -0.3 is 5.32 Å². The first-order valence-corrected chi connectivity index (χ1v) is 11.4. The number of Topliss-reactive ketones (excluding diaryl/α,β-unsaturated/α-hetero) is 1. The number of carbonyl (C=O) groups is 2. The average molecular weight is 530 g/mol. The molecule has 1 heterocycles. The van der Waals surface area contributed by atoms with Gasteiger partial charge >= 0.3 is 0 Å². The van der Waals surface area contributed by atoms with Gasteiger partial charge in [-0.25, -0.2) is 12.4 Å². The van der Waals surface area contributed by atoms with Crippen molar-refractivity contribution in [3.63, 3.8) is 0 Å². The second kappa shape index (κ2) is 8.04. The van der Waals surface area contributed by atoms with E-state index in [-0.39, 0.29) is 10.5 Å². The number of carbonyl (C=O) groups excluding carboxylic acids is 2. The largest absolute Gasteiger partial charge is 0.318 e. The van der Waals surface area contributed by atoms with Gasteiger partial charge in [-0.1, -0.05) is 48.5 Å². The Balaban J connectivity index is 1.78. The van der Waals surface area contributed by atoms with Crippen LogP contribution < -0.4 is 5.32 Å². The smallest absolute Gasteiger partial charge is 0.296 e. The number of hydrogen-bond acceptors (Lipinski definition) is 4. The van der Waals surface area contributed by atoms with Crippen molar-refractivity contribution < 1.29 is 18.0 Å². The fraction of sp³-hybridized carbons (Fsp3) is 0. The lowest BCUT2D eigenvalue weighted by atomic mass is 10.1. The molecule has 4 aromatic rings. The van der Waals surface area contributed by atoms with Crippen LogP contribution in [-0.4, -0.2) is 24.1 Å². The van der Waals surface area contributed by atoms with Gasteiger partial charge in [-0.05, 0) is 52.9 Å². The van der Waals surface area contributed by atoms with Crippen LogP contribution in [0.1, 0.15) is 10.4 Å². The third kappa shape index (κ3) is 3.63. The van der Waals surface area contributed by atoms with Gasteiger partial charge in [-0.15, -0.1) is 0 Å². The summed E-state index contributed by atoms with van der Waals surface area (Å²) in [6, 6.07) is 21.6. The van der Waals surface area contributed by atoms with E-state index in [0.29, 0.717) is 16.6 Å². The normalized spacial score (nSPS) is 11.4. The number of para-hydroxylation sites is 2. The van der Waals surface area contributed by atoms with E-state index in [1.165, 1.54) is 18.3 Å². The number of ketones is 1. The summed E-state index contributed by atoms with van der Waals surface area (Å²) in [7, 11) is -3.94. The van der Waals surface area contributed by atoms with E-state index in [2.05, 4.69) is 27.9 Å². The summed E-state index contributed by atoms with van der Waals surface area (Å²) in [4.78, 5) is 25.6. The molecule has 30 heavy (non-hydrogen) atoms. The standard InChI is InChI=1S/C22H15IN2O4S/c23-18-11-5-6-12-19(18)24-22(27)21(26)17-14-25(20-13-7-4-10-16(17)20)30(28,29)15-8-2-1-3-9-15/h1-14H,(H,24,27). The molecule has 1 amide bonds. The molecule has 0 unspecified atom stereocenters. The summed E-state index contributed by atoms with van der Waals surface area (Å²) < 4.78 is 28.1. The fourth-order valence-corrected chi connectivity index (χ4v) is 5.01. The van der Waals surface area contributed by atoms with Gasteiger partial charge in [-0.2, -0.15) is 0 Å². The molecule has 4 rings (SSSR count). The third-order valence-corrected chi connectivity index (χ3v) is 7.18. The summed E-state index contributed by atoms with van der Waals surface area (Å²) in [5.74, 6) is -1.65. The molecule has 0 radical (unpaired) electrons. The second-order valence-electron chi connectivity index (χ2n) is 6.44. The Morgan fingerprint density at radius 2 is 1.47 bits per heavy atom. The molecule has 1 N–H and O–H groups in total. The van der Waals surface area contributed by atoms with Crippen molar-refractivity contribution in [3.8, 4) is 0 Å². The topological polar surface area (TPSA) is 85.2 Å². The van der Waals surface area contributed by atoms with Gasteiger partial charge in [0.1, 0.15) is 0 Å². The Morgan fingerprint density at radius 3 is 2.20 bits per heavy atom. The second-order valence-corrected chi connectivity index (χ2v) is 9.41. The van der Waals surface area contributed by atoms with Crippen molar-refractivity contribution in [2.75, 3.05) is 5.32 Å². The molecule has 0 bridgehead atoms. The number of halogens is 1. The number of amides is 1. The van der Waals surface area contributed by atoms with Crippen LogP contribution in [0.3, 0.4) is 0 Å². The molecule has 150 valence electrons. The van der Waals surface area contributed by atoms with Crippen LogP contribution in [0.2, 0.25) is 0 Å². The maximum Gasteiger partial charge on any atom is 0.296 e. The monoisotopic (exact) mass is 530 g/mol. The van der Waals surface area contributed by atoms with Crippen molar-refractivity contribution >= 4 is 60.9 Å². The summed E-state index contributed by atoms with van der Waals surface area (Å²) >= 11 is 2.06. The predicted molar refractivity (Wildman–Crippen MR) is 123 cm³/mol. The predicted octanol–water partition coefficient (Wildman–Crippen LogP) is 4.30. The number of fused-ring (bicyclic) bond motifs is 1. The van der Waals surface area contributed by atoms with E-state index in [1.54, 1.807) is 60.7 Å². The number of nitrogens with one attached hydrogen (secondary N) is 1. The number of benzene rings is 3. The molecule has 0 aliphatic heterocycles. The van der Waals surface area contributed by atoms with Crippen molar-refractivity contribution in [2.24, 2.45) is 0 Å². The molecule has 0 atom stereocenters. The van der Waals surface area contributed by atoms with E-state index < -0.39 is 21.7 Å². The van der Waals surface area contributed by atoms with Gasteiger partial charge in [0.2, 0.25) is 0 Å². The highest BCUT2D eigenvalue weighted by atomic mass is 127. The Hall–Kier alpha value is -2.98. The maximum absolute atomic E-state index is 13.1. The highest BCUT2D eigenvalue weighted by molar-refractivity contribution is 14.1. The van der Waals surface area contributed by atoms with Crippen LogP contribution in [0.15, 0.2) is 90.0 Å². The minimum absolute atomic E-state index is 0.0218. The third-order valence-electron chi connectivity index (χ3n) is 4.55. The molecule has 0 spiro atoms. The van der Waals surface area contributed by atoms with Crippen molar-refractivity contribution in [1.82, 2.24) is 3.97 Å². The molecule has 0 saturated heterocycles. The summed E-state index contributed by atoms with van der Waals surface area (Å²) in [6.45, 7) is 0. The number of rotatable bonds is 5. The Bertz CT molecular complexity index is 1380. The molecule has 8 heteroatoms. The van der Waals surface area contributed by atoms with E-state index in [4.69, 9.17) is 0 Å². The zero-order valence-corrected chi connectivity index (χ0v) is 18.4. The van der Waals surface area contributed by atoms with Crippen LogP contribution in [0.25, 0.3) is 10.9 Å². The van der Waals surface area contributed by atoms with Gasteiger partial charge in [-0.3, -0.25) is 9.59 Å². The Labute approximate surface area is 186 Å². The van der Waals surface area contributed by atoms with Crippen molar-refractivity contribution in [2.45, 2.75) is 4.90 Å². The zero-order valence-electron chi connectivity index (χ0n) is 15.4. The van der Waals surface area contributed by atoms with E-state index in [0.717, 1.165) is 7.54 Å². The molecule has 6 nitrogen and oxygen atoms in total. The van der Waals surface area contributed by atoms with E-state index >= 15 is 0 Å². The number of nitrogens with zero attached hydrogens (tertiary/aromatic N) is 1. The molecule has 0 saturated carbocycles. The SMILES string of the molecule is O=C(Nc1ccccc1I)C(=O)c1cn(S(=O)(=O)c2ccccc2)c2ccccc12. The van der Waals surface area contributed by atoms with Crippen LogP contribution in [0.5, 0.6) is 0 Å². The molecule has 0 aliphatic rings. The lowest BCUT2D eigenvalue weighted by molar-refractivity contribution is -0.112. The van der Waals surface area contributed by atoms with E-state index in [9.17, 15) is 18.0 Å². The summed E-state index contributed by atoms with van der Waals surface area (Å²) in [5.41, 5.74) is 0.859. The average Bonchev–Trinajstić information content (AvgIpc) is 3.16. The maximum atomic E-state index is 13.1. The Kier molecular flexibility index (Phi) is 5.44. The first kappa shape index (κ1) is 20.3. The lowest BCUT2D eigenvalue weighted by Crippen LogP contribution is -2.23. The summed E-state index contributed by atoms with van der Waals surface area (Å²) in [5, 5.41) is 2.99. The quantitative estimate of drug-likeness (QED) is 0.237. The first-order valence-electron chi connectivity index (χ1n) is 8.90. The highest BCUT2D eigenvalue weighted by Gasteiger charge is 2.26. The summed E-state index contributed by atoms with van der Waals surface area (Å²) in [6.07, 6.45) is 1.21. The number of hydrogen-bond donors (Lipinski definition) is 1. The zero-order chi connectivity index (χ0) is 21.3. The van der Waals surface area contributed by atoms with Crippen LogP contribution >= 0.6 is 22.6 Å². The first-order chi connectivity index (χ1) is 14.4. The van der Waals surface area contributed by atoms with Crippen LogP contribution in [0, 0.1) is 3.57 Å². The molecule has 1 aromatic heterocycles. The van der Waals surface area contributed by atoms with Gasteiger partial charge in [0.15, 0.2) is 0 Å². The number of anilines is 1. The van der Waals surface area contributed by atoms with Gasteiger partial charge in [0.05, 0.1) is 21.7 Å². The number of aromatic nitrogens is 1. The van der Waals surface area contributed by atoms with Crippen LogP contribution in [0.4, 0.5) is 5.69 Å². The van der Waals surface area contributed by atoms with Gasteiger partial charge in [0.25, 0.3) is 21.7 Å². The highest BCUT2D eigenvalue weighted by Crippen LogP contribution is 2.27. The lowest BCUT2D eigenvalue weighted by Gasteiger charge is -2.07. The minimum atomic E-state index is -3.94. The van der Waals surface area contributed by atoms with E-state index in [1.807, 2.05) is 6.07 Å². The van der Waals surface area contributed by atoms with Crippen molar-refractivity contribution in [3.05, 3.63) is 94.2 Å². The van der Waals surface area contributed by atoms with Gasteiger partial charge in [0, 0.05) is 15.2 Å². The van der Waals surface area contributed by atoms with Crippen LogP contribution in [-0.2, 0) is 14.8 Å². The molecular formula is C22H15IN2O4S.